The summed E-state index contributed by atoms with van der Waals surface area (Å²) in [6, 6.07) is 7.98. The van der Waals surface area contributed by atoms with Crippen molar-refractivity contribution in [2.75, 3.05) is 5.73 Å². The average molecular weight is 205 g/mol. The standard InChI is InChI=1S/C10H11N3S/c11-5-7-1-3-8(4-2-7)9-10(12)14-6-13-9/h1-4,6H,5,11-12H2. The highest BCUT2D eigenvalue weighted by atomic mass is 32.1. The first-order valence-corrected chi connectivity index (χ1v) is 5.17. The molecule has 14 heavy (non-hydrogen) atoms. The average Bonchev–Trinajstić information content (AvgIpc) is 2.65. The molecule has 3 nitrogen and oxygen atoms in total. The summed E-state index contributed by atoms with van der Waals surface area (Å²) in [5.41, 5.74) is 16.1. The van der Waals surface area contributed by atoms with Gasteiger partial charge in [-0.2, -0.15) is 0 Å². The van der Waals surface area contributed by atoms with Crippen LogP contribution in [-0.4, -0.2) is 4.98 Å². The Balaban J connectivity index is 2.39. The predicted octanol–water partition coefficient (Wildman–Crippen LogP) is 1.85. The smallest absolute Gasteiger partial charge is 0.114 e. The molecule has 0 atom stereocenters. The van der Waals surface area contributed by atoms with Gasteiger partial charge in [-0.1, -0.05) is 24.3 Å². The van der Waals surface area contributed by atoms with Crippen LogP contribution in [0.15, 0.2) is 29.8 Å². The van der Waals surface area contributed by atoms with Gasteiger partial charge in [0, 0.05) is 12.1 Å². The Bertz CT molecular complexity index is 419. The third-order valence-electron chi connectivity index (χ3n) is 2.06. The maximum atomic E-state index is 5.77. The Morgan fingerprint density at radius 1 is 1.21 bits per heavy atom. The molecule has 0 saturated carbocycles. The number of nitrogens with zero attached hydrogens (tertiary/aromatic N) is 1. The number of benzene rings is 1. The fourth-order valence-electron chi connectivity index (χ4n) is 1.27. The van der Waals surface area contributed by atoms with Gasteiger partial charge in [-0.15, -0.1) is 11.3 Å². The fraction of sp³-hybridized carbons (Fsp3) is 0.100. The molecule has 1 aromatic carbocycles. The second-order valence-electron chi connectivity index (χ2n) is 2.97. The molecular formula is C10H11N3S. The molecule has 0 aliphatic carbocycles. The Morgan fingerprint density at radius 3 is 2.43 bits per heavy atom. The lowest BCUT2D eigenvalue weighted by molar-refractivity contribution is 1.07. The molecule has 0 fully saturated rings. The maximum Gasteiger partial charge on any atom is 0.114 e. The highest BCUT2D eigenvalue weighted by molar-refractivity contribution is 7.14. The summed E-state index contributed by atoms with van der Waals surface area (Å²) in [5, 5.41) is 0.755. The van der Waals surface area contributed by atoms with Gasteiger partial charge in [0.2, 0.25) is 0 Å². The zero-order valence-electron chi connectivity index (χ0n) is 7.60. The Morgan fingerprint density at radius 2 is 1.93 bits per heavy atom. The van der Waals surface area contributed by atoms with Gasteiger partial charge < -0.3 is 11.5 Å². The molecule has 1 aromatic heterocycles. The van der Waals surface area contributed by atoms with Crippen LogP contribution in [0, 0.1) is 0 Å². The van der Waals surface area contributed by atoms with E-state index in [1.165, 1.54) is 11.3 Å². The molecule has 72 valence electrons. The lowest BCUT2D eigenvalue weighted by atomic mass is 10.1. The highest BCUT2D eigenvalue weighted by Crippen LogP contribution is 2.27. The molecule has 0 spiro atoms. The van der Waals surface area contributed by atoms with Crippen molar-refractivity contribution in [3.63, 3.8) is 0 Å². The van der Waals surface area contributed by atoms with Crippen LogP contribution in [0.4, 0.5) is 5.00 Å². The van der Waals surface area contributed by atoms with Crippen molar-refractivity contribution in [2.45, 2.75) is 6.54 Å². The SMILES string of the molecule is NCc1ccc(-c2ncsc2N)cc1. The molecule has 0 aliphatic rings. The molecule has 2 aromatic rings. The first kappa shape index (κ1) is 9.18. The summed E-state index contributed by atoms with van der Waals surface area (Å²) in [4.78, 5) is 4.20. The predicted molar refractivity (Wildman–Crippen MR) is 59.9 cm³/mol. The summed E-state index contributed by atoms with van der Waals surface area (Å²) < 4.78 is 0. The van der Waals surface area contributed by atoms with E-state index in [1.54, 1.807) is 5.51 Å². The van der Waals surface area contributed by atoms with E-state index < -0.39 is 0 Å². The van der Waals surface area contributed by atoms with Crippen molar-refractivity contribution < 1.29 is 0 Å². The third-order valence-corrected chi connectivity index (χ3v) is 2.72. The molecule has 1 heterocycles. The number of nitrogens with two attached hydrogens (primary N) is 2. The first-order chi connectivity index (χ1) is 6.81. The number of thiazole rings is 1. The minimum absolute atomic E-state index is 0.562. The molecule has 4 heteroatoms. The van der Waals surface area contributed by atoms with E-state index in [4.69, 9.17) is 11.5 Å². The van der Waals surface area contributed by atoms with Crippen molar-refractivity contribution in [2.24, 2.45) is 5.73 Å². The minimum atomic E-state index is 0.562. The topological polar surface area (TPSA) is 64.9 Å². The molecule has 0 radical (unpaired) electrons. The Hall–Kier alpha value is -1.39. The molecule has 0 saturated heterocycles. The van der Waals surface area contributed by atoms with Crippen LogP contribution >= 0.6 is 11.3 Å². The van der Waals surface area contributed by atoms with Gasteiger partial charge in [0.1, 0.15) is 10.7 Å². The zero-order chi connectivity index (χ0) is 9.97. The van der Waals surface area contributed by atoms with Crippen LogP contribution in [0.1, 0.15) is 5.56 Å². The van der Waals surface area contributed by atoms with E-state index in [9.17, 15) is 0 Å². The third kappa shape index (κ3) is 1.62. The summed E-state index contributed by atoms with van der Waals surface area (Å²) in [6.45, 7) is 0.562. The molecule has 2 rings (SSSR count). The van der Waals surface area contributed by atoms with E-state index in [1.807, 2.05) is 24.3 Å². The molecule has 4 N–H and O–H groups in total. The van der Waals surface area contributed by atoms with Crippen molar-refractivity contribution in [1.29, 1.82) is 0 Å². The van der Waals surface area contributed by atoms with Crippen molar-refractivity contribution in [3.8, 4) is 11.3 Å². The second kappa shape index (κ2) is 3.77. The number of rotatable bonds is 2. The summed E-state index contributed by atoms with van der Waals surface area (Å²) in [7, 11) is 0. The fourth-order valence-corrected chi connectivity index (χ4v) is 1.82. The van der Waals surface area contributed by atoms with Crippen LogP contribution in [0.2, 0.25) is 0 Å². The number of anilines is 1. The molecular weight excluding hydrogens is 194 g/mol. The van der Waals surface area contributed by atoms with Gasteiger partial charge in [0.05, 0.1) is 5.51 Å². The van der Waals surface area contributed by atoms with Gasteiger partial charge in [0.15, 0.2) is 0 Å². The maximum absolute atomic E-state index is 5.77. The molecule has 0 amide bonds. The quantitative estimate of drug-likeness (QED) is 0.786. The zero-order valence-corrected chi connectivity index (χ0v) is 8.42. The van der Waals surface area contributed by atoms with E-state index in [0.29, 0.717) is 6.54 Å². The Labute approximate surface area is 86.4 Å². The van der Waals surface area contributed by atoms with Crippen LogP contribution in [0.3, 0.4) is 0 Å². The van der Waals surface area contributed by atoms with E-state index >= 15 is 0 Å². The van der Waals surface area contributed by atoms with Gasteiger partial charge in [-0.25, -0.2) is 4.98 Å². The number of hydrogen-bond acceptors (Lipinski definition) is 4. The normalized spacial score (nSPS) is 10.4. The molecule has 0 aliphatic heterocycles. The number of nitrogen functional groups attached to an aromatic ring is 1. The van der Waals surface area contributed by atoms with E-state index in [0.717, 1.165) is 21.8 Å². The van der Waals surface area contributed by atoms with Crippen LogP contribution in [-0.2, 0) is 6.54 Å². The number of hydrogen-bond donors (Lipinski definition) is 2. The van der Waals surface area contributed by atoms with Gasteiger partial charge in [-0.05, 0) is 5.56 Å². The monoisotopic (exact) mass is 205 g/mol. The van der Waals surface area contributed by atoms with Crippen molar-refractivity contribution in [3.05, 3.63) is 35.3 Å². The minimum Gasteiger partial charge on any atom is -0.389 e. The van der Waals surface area contributed by atoms with Crippen LogP contribution < -0.4 is 11.5 Å². The van der Waals surface area contributed by atoms with Crippen LogP contribution in [0.25, 0.3) is 11.3 Å². The van der Waals surface area contributed by atoms with Gasteiger partial charge in [0.25, 0.3) is 0 Å². The second-order valence-corrected chi connectivity index (χ2v) is 3.85. The number of aromatic nitrogens is 1. The largest absolute Gasteiger partial charge is 0.389 e. The summed E-state index contributed by atoms with van der Waals surface area (Å²) >= 11 is 1.45. The first-order valence-electron chi connectivity index (χ1n) is 4.29. The van der Waals surface area contributed by atoms with E-state index in [-0.39, 0.29) is 0 Å². The summed E-state index contributed by atoms with van der Waals surface area (Å²) in [6.07, 6.45) is 0. The van der Waals surface area contributed by atoms with Crippen molar-refractivity contribution in [1.82, 2.24) is 4.98 Å². The lowest BCUT2D eigenvalue weighted by Gasteiger charge is -2.00. The molecule has 0 bridgehead atoms. The van der Waals surface area contributed by atoms with E-state index in [2.05, 4.69) is 4.98 Å². The van der Waals surface area contributed by atoms with Gasteiger partial charge in [-0.3, -0.25) is 0 Å². The molecule has 0 unspecified atom stereocenters. The summed E-state index contributed by atoms with van der Waals surface area (Å²) in [5.74, 6) is 0. The lowest BCUT2D eigenvalue weighted by Crippen LogP contribution is -1.95. The Kier molecular flexibility index (Phi) is 2.47. The van der Waals surface area contributed by atoms with Crippen LogP contribution in [0.5, 0.6) is 0 Å². The van der Waals surface area contributed by atoms with Gasteiger partial charge >= 0.3 is 0 Å². The van der Waals surface area contributed by atoms with Crippen molar-refractivity contribution >= 4 is 16.3 Å². The highest BCUT2D eigenvalue weighted by Gasteiger charge is 2.04.